The lowest BCUT2D eigenvalue weighted by Gasteiger charge is -2.28. The van der Waals surface area contributed by atoms with Gasteiger partial charge in [0.1, 0.15) is 0 Å². The fourth-order valence-electron chi connectivity index (χ4n) is 4.28. The Bertz CT molecular complexity index is 655. The van der Waals surface area contributed by atoms with Gasteiger partial charge in [-0.15, -0.1) is 0 Å². The van der Waals surface area contributed by atoms with Crippen LogP contribution in [-0.2, 0) is 9.59 Å². The summed E-state index contributed by atoms with van der Waals surface area (Å²) < 4.78 is 0. The normalized spacial score (nSPS) is 26.8. The Hall–Kier alpha value is -1.88. The number of aryl methyl sites for hydroxylation is 3. The van der Waals surface area contributed by atoms with Crippen LogP contribution in [0.4, 0.5) is 5.69 Å². The standard InChI is InChI=1S/C20H29N3O2/c1-12-8-13(2)19(14(3)9-12)23-11-15(10-18(23)24)20(25)22-17-6-4-16(21)5-7-17/h8-9,15-17H,4-7,10-11,21H2,1-3H3,(H,22,25). The van der Waals surface area contributed by atoms with Crippen molar-refractivity contribution in [2.24, 2.45) is 11.7 Å². The molecule has 0 radical (unpaired) electrons. The smallest absolute Gasteiger partial charge is 0.227 e. The molecule has 2 amide bonds. The van der Waals surface area contributed by atoms with Gasteiger partial charge in [-0.05, 0) is 57.6 Å². The van der Waals surface area contributed by atoms with Gasteiger partial charge in [0.2, 0.25) is 11.8 Å². The van der Waals surface area contributed by atoms with E-state index in [9.17, 15) is 9.59 Å². The molecule has 136 valence electrons. The molecule has 25 heavy (non-hydrogen) atoms. The van der Waals surface area contributed by atoms with Crippen molar-refractivity contribution in [3.63, 3.8) is 0 Å². The first-order chi connectivity index (χ1) is 11.8. The maximum absolute atomic E-state index is 12.6. The van der Waals surface area contributed by atoms with E-state index in [1.165, 1.54) is 5.56 Å². The zero-order valence-electron chi connectivity index (χ0n) is 15.5. The first-order valence-corrected chi connectivity index (χ1v) is 9.29. The lowest BCUT2D eigenvalue weighted by molar-refractivity contribution is -0.127. The van der Waals surface area contributed by atoms with Crippen molar-refractivity contribution in [1.82, 2.24) is 5.32 Å². The first kappa shape index (κ1) is 17.9. The van der Waals surface area contributed by atoms with Crippen LogP contribution in [0, 0.1) is 26.7 Å². The number of nitrogens with two attached hydrogens (primary N) is 1. The Morgan fingerprint density at radius 2 is 1.72 bits per heavy atom. The minimum atomic E-state index is -0.261. The Morgan fingerprint density at radius 1 is 1.12 bits per heavy atom. The summed E-state index contributed by atoms with van der Waals surface area (Å²) in [5.74, 6) is -0.206. The van der Waals surface area contributed by atoms with Crippen LogP contribution in [0.25, 0.3) is 0 Å². The Morgan fingerprint density at radius 3 is 2.32 bits per heavy atom. The molecule has 2 fully saturated rings. The van der Waals surface area contributed by atoms with Crippen molar-refractivity contribution < 1.29 is 9.59 Å². The number of carbonyl (C=O) groups excluding carboxylic acids is 2. The van der Waals surface area contributed by atoms with Crippen LogP contribution in [0.3, 0.4) is 0 Å². The number of amides is 2. The van der Waals surface area contributed by atoms with Gasteiger partial charge in [0.05, 0.1) is 5.92 Å². The molecule has 1 saturated heterocycles. The summed E-state index contributed by atoms with van der Waals surface area (Å²) in [6.45, 7) is 6.59. The lowest BCUT2D eigenvalue weighted by Crippen LogP contribution is -2.43. The van der Waals surface area contributed by atoms with E-state index in [1.807, 2.05) is 13.8 Å². The van der Waals surface area contributed by atoms with Gasteiger partial charge in [-0.25, -0.2) is 0 Å². The van der Waals surface area contributed by atoms with Crippen molar-refractivity contribution in [3.05, 3.63) is 28.8 Å². The van der Waals surface area contributed by atoms with E-state index in [-0.39, 0.29) is 29.8 Å². The zero-order valence-corrected chi connectivity index (χ0v) is 15.5. The number of hydrogen-bond donors (Lipinski definition) is 2. The molecule has 3 rings (SSSR count). The Labute approximate surface area is 150 Å². The van der Waals surface area contributed by atoms with E-state index in [2.05, 4.69) is 24.4 Å². The lowest BCUT2D eigenvalue weighted by atomic mass is 9.91. The van der Waals surface area contributed by atoms with Crippen molar-refractivity contribution in [2.75, 3.05) is 11.4 Å². The van der Waals surface area contributed by atoms with Crippen LogP contribution in [-0.4, -0.2) is 30.4 Å². The van der Waals surface area contributed by atoms with Crippen LogP contribution < -0.4 is 16.0 Å². The molecule has 1 atom stereocenters. The van der Waals surface area contributed by atoms with Gasteiger partial charge in [0, 0.05) is 30.7 Å². The molecule has 1 aromatic carbocycles. The highest BCUT2D eigenvalue weighted by molar-refractivity contribution is 6.01. The minimum Gasteiger partial charge on any atom is -0.353 e. The number of anilines is 1. The summed E-state index contributed by atoms with van der Waals surface area (Å²) in [5, 5.41) is 3.14. The maximum atomic E-state index is 12.6. The molecule has 1 aliphatic carbocycles. The second kappa shape index (κ2) is 7.16. The second-order valence-corrected chi connectivity index (χ2v) is 7.77. The summed E-state index contributed by atoms with van der Waals surface area (Å²) in [6, 6.07) is 4.66. The molecule has 1 aromatic rings. The zero-order chi connectivity index (χ0) is 18.1. The van der Waals surface area contributed by atoms with Gasteiger partial charge < -0.3 is 16.0 Å². The SMILES string of the molecule is Cc1cc(C)c(N2CC(C(=O)NC3CCC(N)CC3)CC2=O)c(C)c1. The third kappa shape index (κ3) is 3.87. The fraction of sp³-hybridized carbons (Fsp3) is 0.600. The number of nitrogens with one attached hydrogen (secondary N) is 1. The Balaban J connectivity index is 1.67. The molecule has 0 aromatic heterocycles. The predicted molar refractivity (Wildman–Crippen MR) is 99.5 cm³/mol. The molecule has 0 bridgehead atoms. The molecule has 0 spiro atoms. The molecule has 1 aliphatic heterocycles. The largest absolute Gasteiger partial charge is 0.353 e. The van der Waals surface area contributed by atoms with Crippen LogP contribution in [0.1, 0.15) is 48.8 Å². The van der Waals surface area contributed by atoms with Crippen LogP contribution in [0.15, 0.2) is 12.1 Å². The fourth-order valence-corrected chi connectivity index (χ4v) is 4.28. The van der Waals surface area contributed by atoms with E-state index >= 15 is 0 Å². The number of rotatable bonds is 3. The van der Waals surface area contributed by atoms with Crippen molar-refractivity contribution in [2.45, 2.75) is 65.0 Å². The molecule has 3 N–H and O–H groups in total. The number of hydrogen-bond acceptors (Lipinski definition) is 3. The van der Waals surface area contributed by atoms with Gasteiger partial charge in [0.15, 0.2) is 0 Å². The van der Waals surface area contributed by atoms with Crippen LogP contribution in [0.5, 0.6) is 0 Å². The number of benzene rings is 1. The topological polar surface area (TPSA) is 75.4 Å². The number of carbonyl (C=O) groups is 2. The van der Waals surface area contributed by atoms with E-state index < -0.39 is 0 Å². The quantitative estimate of drug-likeness (QED) is 0.884. The highest BCUT2D eigenvalue weighted by Gasteiger charge is 2.37. The van der Waals surface area contributed by atoms with Crippen molar-refractivity contribution >= 4 is 17.5 Å². The summed E-state index contributed by atoms with van der Waals surface area (Å²) >= 11 is 0. The Kier molecular flexibility index (Phi) is 5.13. The van der Waals surface area contributed by atoms with E-state index in [0.29, 0.717) is 13.0 Å². The average molecular weight is 343 g/mol. The molecule has 5 heteroatoms. The first-order valence-electron chi connectivity index (χ1n) is 9.29. The van der Waals surface area contributed by atoms with Crippen molar-refractivity contribution in [3.8, 4) is 0 Å². The van der Waals surface area contributed by atoms with E-state index in [0.717, 1.165) is 42.5 Å². The van der Waals surface area contributed by atoms with Gasteiger partial charge in [0.25, 0.3) is 0 Å². The predicted octanol–water partition coefficient (Wildman–Crippen LogP) is 2.35. The molecular formula is C20H29N3O2. The van der Waals surface area contributed by atoms with Gasteiger partial charge in [-0.2, -0.15) is 0 Å². The van der Waals surface area contributed by atoms with Gasteiger partial charge in [-0.1, -0.05) is 17.7 Å². The molecule has 5 nitrogen and oxygen atoms in total. The summed E-state index contributed by atoms with van der Waals surface area (Å²) in [7, 11) is 0. The molecule has 1 heterocycles. The second-order valence-electron chi connectivity index (χ2n) is 7.77. The molecule has 1 saturated carbocycles. The maximum Gasteiger partial charge on any atom is 0.227 e. The van der Waals surface area contributed by atoms with Crippen molar-refractivity contribution in [1.29, 1.82) is 0 Å². The summed E-state index contributed by atoms with van der Waals surface area (Å²) in [6.07, 6.45) is 4.09. The molecular weight excluding hydrogens is 314 g/mol. The third-order valence-corrected chi connectivity index (χ3v) is 5.52. The highest BCUT2D eigenvalue weighted by atomic mass is 16.2. The van der Waals surface area contributed by atoms with Gasteiger partial charge in [-0.3, -0.25) is 9.59 Å². The monoisotopic (exact) mass is 343 g/mol. The average Bonchev–Trinajstić information content (AvgIpc) is 2.90. The summed E-state index contributed by atoms with van der Waals surface area (Å²) in [4.78, 5) is 27.0. The number of nitrogens with zero attached hydrogens (tertiary/aromatic N) is 1. The summed E-state index contributed by atoms with van der Waals surface area (Å²) in [5.41, 5.74) is 10.3. The highest BCUT2D eigenvalue weighted by Crippen LogP contribution is 2.32. The minimum absolute atomic E-state index is 0.0127. The third-order valence-electron chi connectivity index (χ3n) is 5.52. The van der Waals surface area contributed by atoms with Crippen LogP contribution in [0.2, 0.25) is 0 Å². The van der Waals surface area contributed by atoms with E-state index in [1.54, 1.807) is 4.90 Å². The van der Waals surface area contributed by atoms with Crippen LogP contribution >= 0.6 is 0 Å². The van der Waals surface area contributed by atoms with E-state index in [4.69, 9.17) is 5.73 Å². The van der Waals surface area contributed by atoms with Gasteiger partial charge >= 0.3 is 0 Å². The molecule has 1 unspecified atom stereocenters. The molecule has 2 aliphatic rings.